The van der Waals surface area contributed by atoms with Gasteiger partial charge in [0.05, 0.1) is 10.2 Å². The van der Waals surface area contributed by atoms with Crippen LogP contribution >= 0.6 is 11.3 Å². The molecule has 2 aromatic heterocycles. The number of benzene rings is 2. The lowest BCUT2D eigenvalue weighted by atomic mass is 10.1. The minimum atomic E-state index is 0.559. The van der Waals surface area contributed by atoms with Crippen LogP contribution in [0.2, 0.25) is 0 Å². The van der Waals surface area contributed by atoms with Crippen molar-refractivity contribution in [1.29, 1.82) is 0 Å². The lowest BCUT2D eigenvalue weighted by Crippen LogP contribution is -2.03. The minimum absolute atomic E-state index is 0.559. The van der Waals surface area contributed by atoms with E-state index >= 15 is 0 Å². The third-order valence-corrected chi connectivity index (χ3v) is 4.95. The molecular weight excluding hydrogens is 330 g/mol. The van der Waals surface area contributed by atoms with Crippen LogP contribution in [-0.2, 0) is 0 Å². The summed E-state index contributed by atoms with van der Waals surface area (Å²) >= 11 is 1.70. The van der Waals surface area contributed by atoms with E-state index in [-0.39, 0.29) is 0 Å². The van der Waals surface area contributed by atoms with Gasteiger partial charge in [-0.05, 0) is 50.6 Å². The van der Waals surface area contributed by atoms with Crippen LogP contribution < -0.4 is 5.32 Å². The number of anilines is 2. The maximum absolute atomic E-state index is 4.77. The van der Waals surface area contributed by atoms with E-state index in [4.69, 9.17) is 4.98 Å². The maximum Gasteiger partial charge on any atom is 0.230 e. The Morgan fingerprint density at radius 3 is 2.36 bits per heavy atom. The summed E-state index contributed by atoms with van der Waals surface area (Å²) < 4.78 is 1.19. The van der Waals surface area contributed by atoms with Crippen molar-refractivity contribution in [2.24, 2.45) is 0 Å². The van der Waals surface area contributed by atoms with Gasteiger partial charge in [0.25, 0.3) is 0 Å². The fourth-order valence-corrected chi connectivity index (χ4v) is 3.77. The number of para-hydroxylation sites is 1. The van der Waals surface area contributed by atoms with E-state index in [0.29, 0.717) is 17.6 Å². The molecule has 4 rings (SSSR count). The van der Waals surface area contributed by atoms with Crippen LogP contribution in [0.5, 0.6) is 0 Å². The maximum atomic E-state index is 4.77. The Hall–Kier alpha value is -2.86. The Morgan fingerprint density at radius 2 is 1.60 bits per heavy atom. The summed E-state index contributed by atoms with van der Waals surface area (Å²) in [5.41, 5.74) is 4.27. The Morgan fingerprint density at radius 1 is 0.840 bits per heavy atom. The first-order valence-electron chi connectivity index (χ1n) is 8.01. The fraction of sp³-hybridized carbons (Fsp3) is 0.158. The van der Waals surface area contributed by atoms with E-state index in [9.17, 15) is 0 Å². The number of nitrogens with zero attached hydrogens (tertiary/aromatic N) is 4. The fourth-order valence-electron chi connectivity index (χ4n) is 2.72. The van der Waals surface area contributed by atoms with E-state index in [1.807, 2.05) is 38.1 Å². The molecule has 1 N–H and O–H groups in total. The van der Waals surface area contributed by atoms with E-state index in [0.717, 1.165) is 21.8 Å². The predicted molar refractivity (Wildman–Crippen MR) is 102 cm³/mol. The van der Waals surface area contributed by atoms with Gasteiger partial charge in [-0.15, -0.1) is 11.3 Å². The molecule has 6 heteroatoms. The molecule has 0 saturated heterocycles. The molecule has 0 saturated carbocycles. The molecule has 25 heavy (non-hydrogen) atoms. The molecule has 0 fully saturated rings. The highest BCUT2D eigenvalue weighted by Gasteiger charge is 2.10. The molecule has 0 unspecified atom stereocenters. The van der Waals surface area contributed by atoms with Gasteiger partial charge in [-0.25, -0.2) is 9.97 Å². The van der Waals surface area contributed by atoms with Gasteiger partial charge in [0.2, 0.25) is 5.95 Å². The molecule has 5 nitrogen and oxygen atoms in total. The van der Waals surface area contributed by atoms with E-state index in [1.165, 1.54) is 10.3 Å². The average molecular weight is 347 g/mol. The number of nitrogens with one attached hydrogen (secondary N) is 1. The molecule has 2 heterocycles. The minimum Gasteiger partial charge on any atom is -0.324 e. The molecule has 0 bridgehead atoms. The van der Waals surface area contributed by atoms with Crippen LogP contribution in [-0.4, -0.2) is 19.9 Å². The van der Waals surface area contributed by atoms with Crippen LogP contribution in [0.25, 0.3) is 20.8 Å². The van der Waals surface area contributed by atoms with Gasteiger partial charge in [0.15, 0.2) is 0 Å². The zero-order valence-corrected chi connectivity index (χ0v) is 15.1. The van der Waals surface area contributed by atoms with Gasteiger partial charge < -0.3 is 5.32 Å². The lowest BCUT2D eigenvalue weighted by molar-refractivity contribution is 0.928. The number of hydrogen-bond donors (Lipinski definition) is 1. The van der Waals surface area contributed by atoms with E-state index in [1.54, 1.807) is 11.3 Å². The summed E-state index contributed by atoms with van der Waals surface area (Å²) in [6, 6.07) is 14.4. The van der Waals surface area contributed by atoms with Gasteiger partial charge in [-0.2, -0.15) is 9.97 Å². The molecule has 0 spiro atoms. The van der Waals surface area contributed by atoms with Crippen molar-refractivity contribution in [2.45, 2.75) is 20.8 Å². The number of hydrogen-bond acceptors (Lipinski definition) is 6. The molecule has 0 aliphatic heterocycles. The van der Waals surface area contributed by atoms with E-state index in [2.05, 4.69) is 45.4 Å². The molecule has 0 amide bonds. The second kappa shape index (κ2) is 6.22. The van der Waals surface area contributed by atoms with Crippen molar-refractivity contribution in [3.05, 3.63) is 59.7 Å². The predicted octanol–water partition coefficient (Wildman–Crippen LogP) is 4.82. The molecule has 0 aliphatic carbocycles. The third-order valence-electron chi connectivity index (χ3n) is 3.88. The molecule has 4 aromatic rings. The number of thiazole rings is 1. The Balaban J connectivity index is 1.73. The summed E-state index contributed by atoms with van der Waals surface area (Å²) in [5, 5.41) is 4.29. The molecule has 0 radical (unpaired) electrons. The largest absolute Gasteiger partial charge is 0.324 e. The first-order chi connectivity index (χ1) is 12.1. The van der Waals surface area contributed by atoms with Crippen LogP contribution in [0.4, 0.5) is 11.6 Å². The molecule has 0 aliphatic rings. The summed E-state index contributed by atoms with van der Waals surface area (Å²) in [6.45, 7) is 5.82. The number of rotatable bonds is 3. The number of aromatic nitrogens is 4. The van der Waals surface area contributed by atoms with Crippen LogP contribution in [0.15, 0.2) is 42.5 Å². The summed E-state index contributed by atoms with van der Waals surface area (Å²) in [6.07, 6.45) is 0. The highest BCUT2D eigenvalue weighted by atomic mass is 32.1. The van der Waals surface area contributed by atoms with Crippen molar-refractivity contribution in [2.75, 3.05) is 5.32 Å². The van der Waals surface area contributed by atoms with Crippen LogP contribution in [0.1, 0.15) is 17.2 Å². The zero-order chi connectivity index (χ0) is 17.4. The zero-order valence-electron chi connectivity index (χ0n) is 14.2. The number of fused-ring (bicyclic) bond motifs is 1. The monoisotopic (exact) mass is 347 g/mol. The standard InChI is InChI=1S/C19H17N5S/c1-11-8-9-14(23-19-21-12(2)20-13(3)22-19)10-15(11)18-24-16-6-4-5-7-17(16)25-18/h4-10H,1-3H3,(H,20,21,22,23). The highest BCUT2D eigenvalue weighted by Crippen LogP contribution is 2.33. The second-order valence-electron chi connectivity index (χ2n) is 5.89. The van der Waals surface area contributed by atoms with Crippen molar-refractivity contribution in [3.8, 4) is 10.6 Å². The Bertz CT molecular complexity index is 1020. The van der Waals surface area contributed by atoms with Crippen molar-refractivity contribution < 1.29 is 0 Å². The SMILES string of the molecule is Cc1nc(C)nc(Nc2ccc(C)c(-c3nc4ccccc4s3)c2)n1. The highest BCUT2D eigenvalue weighted by molar-refractivity contribution is 7.21. The summed E-state index contributed by atoms with van der Waals surface area (Å²) in [7, 11) is 0. The lowest BCUT2D eigenvalue weighted by Gasteiger charge is -2.09. The van der Waals surface area contributed by atoms with Crippen LogP contribution in [0, 0.1) is 20.8 Å². The molecular formula is C19H17N5S. The van der Waals surface area contributed by atoms with Crippen molar-refractivity contribution in [1.82, 2.24) is 19.9 Å². The Labute approximate surface area is 149 Å². The first kappa shape index (κ1) is 15.7. The number of aryl methyl sites for hydroxylation is 3. The smallest absolute Gasteiger partial charge is 0.230 e. The van der Waals surface area contributed by atoms with Gasteiger partial charge in [0, 0.05) is 11.3 Å². The second-order valence-corrected chi connectivity index (χ2v) is 6.93. The van der Waals surface area contributed by atoms with Crippen molar-refractivity contribution >= 4 is 33.2 Å². The van der Waals surface area contributed by atoms with Gasteiger partial charge in [0.1, 0.15) is 16.7 Å². The third kappa shape index (κ3) is 3.21. The first-order valence-corrected chi connectivity index (χ1v) is 8.83. The Kier molecular flexibility index (Phi) is 3.89. The topological polar surface area (TPSA) is 63.6 Å². The van der Waals surface area contributed by atoms with Crippen LogP contribution in [0.3, 0.4) is 0 Å². The van der Waals surface area contributed by atoms with Gasteiger partial charge in [-0.3, -0.25) is 0 Å². The normalized spacial score (nSPS) is 11.0. The molecule has 0 atom stereocenters. The molecule has 2 aromatic carbocycles. The van der Waals surface area contributed by atoms with Crippen molar-refractivity contribution in [3.63, 3.8) is 0 Å². The average Bonchev–Trinajstić information content (AvgIpc) is 2.99. The van der Waals surface area contributed by atoms with E-state index < -0.39 is 0 Å². The summed E-state index contributed by atoms with van der Waals surface area (Å²) in [4.78, 5) is 17.7. The summed E-state index contributed by atoms with van der Waals surface area (Å²) in [5.74, 6) is 1.96. The molecule has 124 valence electrons. The quantitative estimate of drug-likeness (QED) is 0.576. The van der Waals surface area contributed by atoms with Gasteiger partial charge in [-0.1, -0.05) is 18.2 Å². The van der Waals surface area contributed by atoms with Gasteiger partial charge >= 0.3 is 0 Å².